The summed E-state index contributed by atoms with van der Waals surface area (Å²) < 4.78 is 1.84. The van der Waals surface area contributed by atoms with Gasteiger partial charge in [-0.2, -0.15) is 4.98 Å². The fourth-order valence-electron chi connectivity index (χ4n) is 3.76. The van der Waals surface area contributed by atoms with E-state index < -0.39 is 0 Å². The summed E-state index contributed by atoms with van der Waals surface area (Å²) >= 11 is 1.63. The summed E-state index contributed by atoms with van der Waals surface area (Å²) in [6.07, 6.45) is 2.01. The van der Waals surface area contributed by atoms with Crippen molar-refractivity contribution in [3.63, 3.8) is 0 Å². The molecule has 0 spiro atoms. The number of amides is 1. The Hall–Kier alpha value is -3.06. The second kappa shape index (κ2) is 9.61. The van der Waals surface area contributed by atoms with Crippen molar-refractivity contribution in [2.45, 2.75) is 51.7 Å². The number of allylic oxidation sites excluding steroid dienone is 1. The van der Waals surface area contributed by atoms with E-state index in [1.165, 1.54) is 5.56 Å². The first-order valence-corrected chi connectivity index (χ1v) is 12.0. The molecule has 0 fully saturated rings. The molecule has 0 radical (unpaired) electrons. The number of rotatable bonds is 7. The molecule has 1 amide bonds. The average molecular weight is 448 g/mol. The lowest BCUT2D eigenvalue weighted by Gasteiger charge is -2.28. The number of aryl methyl sites for hydroxylation is 2. The molecule has 0 saturated carbocycles. The number of carbonyl (C=O) groups excluding carboxylic acids is 1. The molecular weight excluding hydrogens is 418 g/mol. The van der Waals surface area contributed by atoms with Crippen molar-refractivity contribution in [1.82, 2.24) is 14.8 Å². The van der Waals surface area contributed by atoms with Crippen LogP contribution in [0.15, 0.2) is 65.0 Å². The summed E-state index contributed by atoms with van der Waals surface area (Å²) in [6.45, 7) is 8.23. The highest BCUT2D eigenvalue weighted by Crippen LogP contribution is 2.36. The van der Waals surface area contributed by atoms with Gasteiger partial charge in [0.25, 0.3) is 5.91 Å². The number of nitrogens with one attached hydrogen (secondary N) is 2. The maximum Gasteiger partial charge on any atom is 0.255 e. The fraction of sp³-hybridized carbons (Fsp3) is 0.320. The van der Waals surface area contributed by atoms with Crippen molar-refractivity contribution in [3.05, 3.63) is 76.5 Å². The van der Waals surface area contributed by atoms with Crippen molar-refractivity contribution in [2.24, 2.45) is 0 Å². The van der Waals surface area contributed by atoms with E-state index >= 15 is 0 Å². The lowest BCUT2D eigenvalue weighted by Crippen LogP contribution is -2.31. The molecule has 2 heterocycles. The molecule has 1 aliphatic rings. The van der Waals surface area contributed by atoms with Crippen LogP contribution in [0.2, 0.25) is 0 Å². The smallest absolute Gasteiger partial charge is 0.255 e. The number of aromatic nitrogens is 3. The number of hydrogen-bond acceptors (Lipinski definition) is 5. The van der Waals surface area contributed by atoms with Crippen molar-refractivity contribution in [1.29, 1.82) is 0 Å². The maximum atomic E-state index is 13.5. The molecule has 1 aliphatic heterocycles. The highest BCUT2D eigenvalue weighted by atomic mass is 32.2. The minimum absolute atomic E-state index is 0.146. The summed E-state index contributed by atoms with van der Waals surface area (Å²) in [5.74, 6) is 1.47. The second-order valence-electron chi connectivity index (χ2n) is 7.99. The van der Waals surface area contributed by atoms with Crippen LogP contribution in [0, 0.1) is 6.92 Å². The Kier molecular flexibility index (Phi) is 6.65. The molecule has 1 aromatic heterocycles. The largest absolute Gasteiger partial charge is 0.328 e. The van der Waals surface area contributed by atoms with Crippen molar-refractivity contribution >= 4 is 29.3 Å². The molecule has 3 aromatic rings. The van der Waals surface area contributed by atoms with Gasteiger partial charge in [0.2, 0.25) is 11.1 Å². The van der Waals surface area contributed by atoms with Crippen LogP contribution in [-0.2, 0) is 11.2 Å². The second-order valence-corrected chi connectivity index (χ2v) is 9.05. The van der Waals surface area contributed by atoms with Gasteiger partial charge < -0.3 is 10.6 Å². The van der Waals surface area contributed by atoms with E-state index in [2.05, 4.69) is 53.7 Å². The van der Waals surface area contributed by atoms with E-state index in [1.54, 1.807) is 11.8 Å². The Morgan fingerprint density at radius 3 is 2.47 bits per heavy atom. The number of fused-ring (bicyclic) bond motifs is 1. The molecule has 6 nitrogen and oxygen atoms in total. The quantitative estimate of drug-likeness (QED) is 0.463. The van der Waals surface area contributed by atoms with Crippen LogP contribution in [0.25, 0.3) is 0 Å². The Morgan fingerprint density at radius 2 is 1.81 bits per heavy atom. The molecule has 4 rings (SSSR count). The van der Waals surface area contributed by atoms with Gasteiger partial charge in [-0.3, -0.25) is 4.79 Å². The average Bonchev–Trinajstić information content (AvgIpc) is 3.20. The fourth-order valence-corrected chi connectivity index (χ4v) is 4.44. The predicted molar refractivity (Wildman–Crippen MR) is 131 cm³/mol. The van der Waals surface area contributed by atoms with Crippen LogP contribution in [0.4, 0.5) is 11.6 Å². The SMILES string of the molecule is CCCSc1nc2n(n1)C(c1ccc(CC)cc1)C(C(=O)Nc1ccc(C)cc1)=C(C)N2. The van der Waals surface area contributed by atoms with Gasteiger partial charge in [0.1, 0.15) is 6.04 Å². The Labute approximate surface area is 193 Å². The van der Waals surface area contributed by atoms with Crippen LogP contribution in [0.3, 0.4) is 0 Å². The van der Waals surface area contributed by atoms with Gasteiger partial charge in [0, 0.05) is 17.1 Å². The molecule has 0 bridgehead atoms. The zero-order valence-electron chi connectivity index (χ0n) is 19.0. The summed E-state index contributed by atoms with van der Waals surface area (Å²) in [5, 5.41) is 11.8. The third-order valence-corrected chi connectivity index (χ3v) is 6.57. The van der Waals surface area contributed by atoms with Gasteiger partial charge in [0.05, 0.1) is 5.57 Å². The third kappa shape index (κ3) is 4.58. The topological polar surface area (TPSA) is 71.8 Å². The Balaban J connectivity index is 1.74. The molecule has 0 aliphatic carbocycles. The molecule has 2 aromatic carbocycles. The standard InChI is InChI=1S/C25H29N5OS/c1-5-15-32-25-28-24-26-17(4)21(23(31)27-20-13-7-16(3)8-14-20)22(30(24)29-25)19-11-9-18(6-2)10-12-19/h7-14,22H,5-6,15H2,1-4H3,(H,27,31)(H,26,28,29). The van der Waals surface area contributed by atoms with Crippen LogP contribution in [-0.4, -0.2) is 26.4 Å². The first-order valence-electron chi connectivity index (χ1n) is 11.0. The molecule has 2 N–H and O–H groups in total. The van der Waals surface area contributed by atoms with Gasteiger partial charge in [-0.05, 0) is 49.9 Å². The molecule has 1 unspecified atom stereocenters. The van der Waals surface area contributed by atoms with Gasteiger partial charge in [0.15, 0.2) is 0 Å². The minimum atomic E-state index is -0.355. The zero-order chi connectivity index (χ0) is 22.7. The maximum absolute atomic E-state index is 13.5. The molecule has 1 atom stereocenters. The number of benzene rings is 2. The van der Waals surface area contributed by atoms with E-state index in [-0.39, 0.29) is 11.9 Å². The molecule has 166 valence electrons. The summed E-state index contributed by atoms with van der Waals surface area (Å²) in [4.78, 5) is 18.2. The normalized spacial score (nSPS) is 15.3. The molecule has 0 saturated heterocycles. The Bertz CT molecular complexity index is 1130. The molecular formula is C25H29N5OS. The van der Waals surface area contributed by atoms with Crippen LogP contribution < -0.4 is 10.6 Å². The molecule has 7 heteroatoms. The lowest BCUT2D eigenvalue weighted by molar-refractivity contribution is -0.113. The monoisotopic (exact) mass is 447 g/mol. The first-order chi connectivity index (χ1) is 15.5. The third-order valence-electron chi connectivity index (χ3n) is 5.53. The number of thioether (sulfide) groups is 1. The van der Waals surface area contributed by atoms with Crippen LogP contribution >= 0.6 is 11.8 Å². The number of hydrogen-bond donors (Lipinski definition) is 2. The van der Waals surface area contributed by atoms with Gasteiger partial charge in [-0.15, -0.1) is 5.10 Å². The highest BCUT2D eigenvalue weighted by molar-refractivity contribution is 7.99. The van der Waals surface area contributed by atoms with E-state index in [4.69, 9.17) is 5.10 Å². The Morgan fingerprint density at radius 1 is 1.09 bits per heavy atom. The van der Waals surface area contributed by atoms with Crippen LogP contribution in [0.5, 0.6) is 0 Å². The van der Waals surface area contributed by atoms with E-state index in [1.807, 2.05) is 42.8 Å². The first kappa shape index (κ1) is 22.1. The minimum Gasteiger partial charge on any atom is -0.328 e. The highest BCUT2D eigenvalue weighted by Gasteiger charge is 2.34. The van der Waals surface area contributed by atoms with E-state index in [0.29, 0.717) is 11.5 Å². The number of anilines is 2. The van der Waals surface area contributed by atoms with Crippen LogP contribution in [0.1, 0.15) is 49.9 Å². The summed E-state index contributed by atoms with van der Waals surface area (Å²) in [7, 11) is 0. The summed E-state index contributed by atoms with van der Waals surface area (Å²) in [6, 6.07) is 15.9. The van der Waals surface area contributed by atoms with Gasteiger partial charge in [-0.1, -0.05) is 67.6 Å². The van der Waals surface area contributed by atoms with Crippen molar-refractivity contribution in [2.75, 3.05) is 16.4 Å². The zero-order valence-corrected chi connectivity index (χ0v) is 19.8. The van der Waals surface area contributed by atoms with E-state index in [9.17, 15) is 4.79 Å². The number of carbonyl (C=O) groups is 1. The van der Waals surface area contributed by atoms with E-state index in [0.717, 1.165) is 46.3 Å². The van der Waals surface area contributed by atoms with Crippen molar-refractivity contribution in [3.8, 4) is 0 Å². The van der Waals surface area contributed by atoms with Gasteiger partial charge >= 0.3 is 0 Å². The predicted octanol–water partition coefficient (Wildman–Crippen LogP) is 5.58. The van der Waals surface area contributed by atoms with Crippen molar-refractivity contribution < 1.29 is 4.79 Å². The molecule has 32 heavy (non-hydrogen) atoms. The lowest BCUT2D eigenvalue weighted by atomic mass is 9.94. The van der Waals surface area contributed by atoms with Gasteiger partial charge in [-0.25, -0.2) is 4.68 Å². The summed E-state index contributed by atoms with van der Waals surface area (Å²) in [5.41, 5.74) is 5.60. The number of nitrogens with zero attached hydrogens (tertiary/aromatic N) is 3.